The van der Waals surface area contributed by atoms with Crippen LogP contribution in [0.15, 0.2) is 35.4 Å². The third kappa shape index (κ3) is 4.40. The number of methoxy groups -OCH3 is 1. The third-order valence-corrected chi connectivity index (χ3v) is 6.71. The van der Waals surface area contributed by atoms with Gasteiger partial charge in [-0.05, 0) is 23.6 Å². The van der Waals surface area contributed by atoms with E-state index in [0.29, 0.717) is 43.7 Å². The second kappa shape index (κ2) is 8.38. The molecule has 1 saturated heterocycles. The highest BCUT2D eigenvalue weighted by atomic mass is 32.2. The lowest BCUT2D eigenvalue weighted by molar-refractivity contribution is 0.0593. The van der Waals surface area contributed by atoms with E-state index in [4.69, 9.17) is 0 Å². The van der Waals surface area contributed by atoms with E-state index in [9.17, 15) is 13.2 Å². The van der Waals surface area contributed by atoms with Crippen molar-refractivity contribution in [3.8, 4) is 0 Å². The minimum absolute atomic E-state index is 0.147. The Kier molecular flexibility index (Phi) is 6.11. The van der Waals surface area contributed by atoms with Crippen molar-refractivity contribution < 1.29 is 17.9 Å². The molecule has 1 aromatic carbocycles. The molecule has 3 rings (SSSR count). The quantitative estimate of drug-likeness (QED) is 0.663. The van der Waals surface area contributed by atoms with Crippen molar-refractivity contribution in [2.75, 3.05) is 33.3 Å². The number of piperazine rings is 1. The lowest BCUT2D eigenvalue weighted by Gasteiger charge is -2.33. The number of hydrogen-bond acceptors (Lipinski definition) is 7. The van der Waals surface area contributed by atoms with Crippen LogP contribution in [-0.2, 0) is 21.4 Å². The van der Waals surface area contributed by atoms with Crippen molar-refractivity contribution in [3.05, 3.63) is 41.7 Å². The molecule has 152 valence electrons. The SMILES string of the molecule is COC(=O)c1cn(CN2CCN(S(=O)(=O)c3ccc(C(C)C)cc3)CC2)nn1. The minimum Gasteiger partial charge on any atom is -0.464 e. The van der Waals surface area contributed by atoms with Gasteiger partial charge in [0.2, 0.25) is 10.0 Å². The summed E-state index contributed by atoms with van der Waals surface area (Å²) in [7, 11) is -2.21. The maximum atomic E-state index is 12.9. The van der Waals surface area contributed by atoms with Crippen LogP contribution in [0.25, 0.3) is 0 Å². The summed E-state index contributed by atoms with van der Waals surface area (Å²) in [5, 5.41) is 7.68. The molecular formula is C18H25N5O4S. The Morgan fingerprint density at radius 3 is 2.36 bits per heavy atom. The highest BCUT2D eigenvalue weighted by Crippen LogP contribution is 2.21. The van der Waals surface area contributed by atoms with Crippen LogP contribution in [0.5, 0.6) is 0 Å². The molecule has 2 aromatic rings. The van der Waals surface area contributed by atoms with Crippen LogP contribution in [0.4, 0.5) is 0 Å². The van der Waals surface area contributed by atoms with Gasteiger partial charge in [0.05, 0.1) is 24.9 Å². The Labute approximate surface area is 164 Å². The Hall–Kier alpha value is -2.30. The summed E-state index contributed by atoms with van der Waals surface area (Å²) < 4.78 is 33.4. The van der Waals surface area contributed by atoms with Gasteiger partial charge in [-0.25, -0.2) is 17.9 Å². The summed E-state index contributed by atoms with van der Waals surface area (Å²) in [6, 6.07) is 7.11. The number of hydrogen-bond donors (Lipinski definition) is 0. The first-order chi connectivity index (χ1) is 13.3. The third-order valence-electron chi connectivity index (χ3n) is 4.79. The molecule has 0 unspecified atom stereocenters. The zero-order chi connectivity index (χ0) is 20.3. The molecule has 1 aromatic heterocycles. The first kappa shape index (κ1) is 20.4. The molecular weight excluding hydrogens is 382 g/mol. The fourth-order valence-electron chi connectivity index (χ4n) is 3.06. The van der Waals surface area contributed by atoms with Crippen LogP contribution < -0.4 is 0 Å². The highest BCUT2D eigenvalue weighted by Gasteiger charge is 2.28. The van der Waals surface area contributed by atoms with Crippen LogP contribution >= 0.6 is 0 Å². The van der Waals surface area contributed by atoms with E-state index in [0.717, 1.165) is 5.56 Å². The van der Waals surface area contributed by atoms with Gasteiger partial charge in [-0.3, -0.25) is 4.90 Å². The number of rotatable bonds is 6. The number of nitrogens with zero attached hydrogens (tertiary/aromatic N) is 5. The Bertz CT molecular complexity index is 916. The van der Waals surface area contributed by atoms with Gasteiger partial charge in [-0.15, -0.1) is 5.10 Å². The molecule has 2 heterocycles. The predicted octanol–water partition coefficient (Wildman–Crippen LogP) is 1.15. The van der Waals surface area contributed by atoms with Crippen molar-refractivity contribution in [1.29, 1.82) is 0 Å². The molecule has 0 spiro atoms. The van der Waals surface area contributed by atoms with E-state index in [1.807, 2.05) is 12.1 Å². The normalized spacial score (nSPS) is 16.4. The molecule has 1 fully saturated rings. The zero-order valence-corrected chi connectivity index (χ0v) is 17.1. The summed E-state index contributed by atoms with van der Waals surface area (Å²) in [4.78, 5) is 13.8. The molecule has 9 nitrogen and oxygen atoms in total. The average Bonchev–Trinajstić information content (AvgIpc) is 3.16. The maximum absolute atomic E-state index is 12.9. The molecule has 0 aliphatic carbocycles. The Morgan fingerprint density at radius 2 is 1.79 bits per heavy atom. The van der Waals surface area contributed by atoms with Crippen LogP contribution in [0.1, 0.15) is 35.8 Å². The van der Waals surface area contributed by atoms with E-state index in [1.54, 1.807) is 16.8 Å². The van der Waals surface area contributed by atoms with Crippen molar-refractivity contribution in [2.45, 2.75) is 31.3 Å². The van der Waals surface area contributed by atoms with Crippen molar-refractivity contribution in [3.63, 3.8) is 0 Å². The molecule has 0 amide bonds. The number of carbonyl (C=O) groups is 1. The van der Waals surface area contributed by atoms with Gasteiger partial charge in [0.1, 0.15) is 0 Å². The minimum atomic E-state index is -3.50. The molecule has 0 N–H and O–H groups in total. The summed E-state index contributed by atoms with van der Waals surface area (Å²) in [6.07, 6.45) is 1.52. The Morgan fingerprint density at radius 1 is 1.14 bits per heavy atom. The number of esters is 1. The van der Waals surface area contributed by atoms with Gasteiger partial charge in [-0.1, -0.05) is 31.2 Å². The van der Waals surface area contributed by atoms with Crippen LogP contribution in [0, 0.1) is 0 Å². The number of sulfonamides is 1. The topological polar surface area (TPSA) is 97.6 Å². The summed E-state index contributed by atoms with van der Waals surface area (Å²) in [5.41, 5.74) is 1.26. The van der Waals surface area contributed by atoms with E-state index >= 15 is 0 Å². The summed E-state index contributed by atoms with van der Waals surface area (Å²) in [5.74, 6) is -0.178. The van der Waals surface area contributed by atoms with E-state index in [2.05, 4.69) is 33.8 Å². The Balaban J connectivity index is 1.59. The largest absolute Gasteiger partial charge is 0.464 e. The molecule has 0 bridgehead atoms. The van der Waals surface area contributed by atoms with Gasteiger partial charge in [0, 0.05) is 26.2 Å². The average molecular weight is 407 g/mol. The monoisotopic (exact) mass is 407 g/mol. The van der Waals surface area contributed by atoms with E-state index in [1.165, 1.54) is 17.6 Å². The van der Waals surface area contributed by atoms with Crippen molar-refractivity contribution >= 4 is 16.0 Å². The van der Waals surface area contributed by atoms with Gasteiger partial charge in [0.25, 0.3) is 0 Å². The summed E-state index contributed by atoms with van der Waals surface area (Å²) in [6.45, 7) is 6.51. The lowest BCUT2D eigenvalue weighted by atomic mass is 10.0. The number of benzene rings is 1. The zero-order valence-electron chi connectivity index (χ0n) is 16.3. The lowest BCUT2D eigenvalue weighted by Crippen LogP contribution is -2.48. The first-order valence-electron chi connectivity index (χ1n) is 9.12. The summed E-state index contributed by atoms with van der Waals surface area (Å²) >= 11 is 0. The van der Waals surface area contributed by atoms with Gasteiger partial charge in [0.15, 0.2) is 5.69 Å². The molecule has 1 aliphatic heterocycles. The second-order valence-corrected chi connectivity index (χ2v) is 8.96. The fraction of sp³-hybridized carbons (Fsp3) is 0.500. The molecule has 0 saturated carbocycles. The van der Waals surface area contributed by atoms with Crippen LogP contribution in [0.2, 0.25) is 0 Å². The van der Waals surface area contributed by atoms with Crippen molar-refractivity contribution in [2.24, 2.45) is 0 Å². The number of carbonyl (C=O) groups excluding carboxylic acids is 1. The number of aromatic nitrogens is 3. The molecule has 0 atom stereocenters. The van der Waals surface area contributed by atoms with Gasteiger partial charge >= 0.3 is 5.97 Å². The fourth-order valence-corrected chi connectivity index (χ4v) is 4.48. The number of ether oxygens (including phenoxy) is 1. The highest BCUT2D eigenvalue weighted by molar-refractivity contribution is 7.89. The van der Waals surface area contributed by atoms with Crippen molar-refractivity contribution in [1.82, 2.24) is 24.2 Å². The van der Waals surface area contributed by atoms with Gasteiger partial charge in [-0.2, -0.15) is 4.31 Å². The smallest absolute Gasteiger partial charge is 0.360 e. The predicted molar refractivity (Wildman–Crippen MR) is 102 cm³/mol. The molecule has 10 heteroatoms. The standard InChI is InChI=1S/C18H25N5O4S/c1-14(2)15-4-6-16(7-5-15)28(25,26)23-10-8-21(9-11-23)13-22-12-17(19-20-22)18(24)27-3/h4-7,12,14H,8-11,13H2,1-3H3. The maximum Gasteiger partial charge on any atom is 0.360 e. The first-order valence-corrected chi connectivity index (χ1v) is 10.6. The van der Waals surface area contributed by atoms with Crippen LogP contribution in [0.3, 0.4) is 0 Å². The molecule has 1 aliphatic rings. The second-order valence-electron chi connectivity index (χ2n) is 7.02. The van der Waals surface area contributed by atoms with Crippen LogP contribution in [-0.4, -0.2) is 71.9 Å². The van der Waals surface area contributed by atoms with Gasteiger partial charge < -0.3 is 4.74 Å². The molecule has 28 heavy (non-hydrogen) atoms. The van der Waals surface area contributed by atoms with E-state index in [-0.39, 0.29) is 5.69 Å². The molecule has 0 radical (unpaired) electrons. The van der Waals surface area contributed by atoms with E-state index < -0.39 is 16.0 Å².